The summed E-state index contributed by atoms with van der Waals surface area (Å²) >= 11 is 0. The van der Waals surface area contributed by atoms with E-state index < -0.39 is 0 Å². The lowest BCUT2D eigenvalue weighted by Gasteiger charge is -2.25. The molecule has 0 bridgehead atoms. The normalized spacial score (nSPS) is 18.2. The van der Waals surface area contributed by atoms with Crippen molar-refractivity contribution in [2.75, 3.05) is 13.1 Å². The summed E-state index contributed by atoms with van der Waals surface area (Å²) in [5.74, 6) is 1.35. The van der Waals surface area contributed by atoms with Gasteiger partial charge in [-0.2, -0.15) is 4.98 Å². The fourth-order valence-electron chi connectivity index (χ4n) is 2.84. The summed E-state index contributed by atoms with van der Waals surface area (Å²) in [4.78, 5) is 4.02. The Balaban J connectivity index is 1.51. The summed E-state index contributed by atoms with van der Waals surface area (Å²) < 4.78 is 4.98. The van der Waals surface area contributed by atoms with Gasteiger partial charge in [-0.3, -0.25) is 0 Å². The summed E-state index contributed by atoms with van der Waals surface area (Å²) in [6.07, 6.45) is 6.06. The Morgan fingerprint density at radius 3 is 3.16 bits per heavy atom. The molecule has 1 aliphatic rings. The topological polar surface area (TPSA) is 51.0 Å². The van der Waals surface area contributed by atoms with Gasteiger partial charge in [0.15, 0.2) is 6.33 Å². The number of aromatic nitrogens is 2. The first-order valence-corrected chi connectivity index (χ1v) is 6.97. The van der Waals surface area contributed by atoms with Gasteiger partial charge in [0.1, 0.15) is 0 Å². The highest BCUT2D eigenvalue weighted by Crippen LogP contribution is 2.30. The van der Waals surface area contributed by atoms with Gasteiger partial charge >= 0.3 is 0 Å². The molecular formula is C15H19N3O. The van der Waals surface area contributed by atoms with Crippen LogP contribution < -0.4 is 5.32 Å². The zero-order chi connectivity index (χ0) is 12.9. The van der Waals surface area contributed by atoms with E-state index in [2.05, 4.69) is 39.7 Å². The Morgan fingerprint density at radius 2 is 2.26 bits per heavy atom. The standard InChI is InChI=1S/C15H19N3O/c1-2-7-14-12(4-1)5-3-6-13(14)10-16-9-8-15-17-11-18-19-15/h1-2,4,7,11,13,16H,3,5-6,8-10H2. The molecule has 0 saturated carbocycles. The summed E-state index contributed by atoms with van der Waals surface area (Å²) in [5, 5.41) is 7.11. The molecule has 1 aliphatic carbocycles. The quantitative estimate of drug-likeness (QED) is 0.835. The van der Waals surface area contributed by atoms with Crippen LogP contribution in [0.2, 0.25) is 0 Å². The van der Waals surface area contributed by atoms with Crippen molar-refractivity contribution < 1.29 is 4.52 Å². The van der Waals surface area contributed by atoms with E-state index in [9.17, 15) is 0 Å². The number of hydrogen-bond donors (Lipinski definition) is 1. The Hall–Kier alpha value is -1.68. The molecule has 1 N–H and O–H groups in total. The number of benzene rings is 1. The van der Waals surface area contributed by atoms with Crippen LogP contribution in [0.1, 0.15) is 35.8 Å². The highest BCUT2D eigenvalue weighted by atomic mass is 16.5. The lowest BCUT2D eigenvalue weighted by Crippen LogP contribution is -2.26. The zero-order valence-electron chi connectivity index (χ0n) is 11.0. The molecule has 0 spiro atoms. The van der Waals surface area contributed by atoms with Crippen LogP contribution in [-0.2, 0) is 12.8 Å². The highest BCUT2D eigenvalue weighted by molar-refractivity contribution is 5.32. The fraction of sp³-hybridized carbons (Fsp3) is 0.467. The number of nitrogens with zero attached hydrogens (tertiary/aromatic N) is 2. The second-order valence-electron chi connectivity index (χ2n) is 5.08. The average molecular weight is 257 g/mol. The Bertz CT molecular complexity index is 510. The minimum atomic E-state index is 0.646. The molecule has 1 heterocycles. The summed E-state index contributed by atoms with van der Waals surface area (Å²) in [5.41, 5.74) is 3.05. The van der Waals surface area contributed by atoms with Crippen LogP contribution in [-0.4, -0.2) is 23.2 Å². The van der Waals surface area contributed by atoms with E-state index in [1.165, 1.54) is 36.7 Å². The van der Waals surface area contributed by atoms with Crippen molar-refractivity contribution in [3.05, 3.63) is 47.6 Å². The maximum atomic E-state index is 4.98. The molecule has 4 nitrogen and oxygen atoms in total. The predicted molar refractivity (Wildman–Crippen MR) is 73.0 cm³/mol. The van der Waals surface area contributed by atoms with Gasteiger partial charge in [-0.15, -0.1) is 0 Å². The van der Waals surface area contributed by atoms with E-state index in [0.717, 1.165) is 19.5 Å². The number of rotatable bonds is 5. The van der Waals surface area contributed by atoms with Gasteiger partial charge in [0.2, 0.25) is 5.89 Å². The van der Waals surface area contributed by atoms with Crippen molar-refractivity contribution in [2.24, 2.45) is 0 Å². The first-order chi connectivity index (χ1) is 9.43. The van der Waals surface area contributed by atoms with Crippen molar-refractivity contribution in [1.82, 2.24) is 15.5 Å². The molecule has 0 radical (unpaired) electrons. The Morgan fingerprint density at radius 1 is 1.32 bits per heavy atom. The lowest BCUT2D eigenvalue weighted by atomic mass is 9.83. The van der Waals surface area contributed by atoms with E-state index in [4.69, 9.17) is 4.52 Å². The third kappa shape index (κ3) is 3.01. The molecule has 1 aromatic carbocycles. The molecule has 0 saturated heterocycles. The molecule has 3 rings (SSSR count). The smallest absolute Gasteiger partial charge is 0.227 e. The van der Waals surface area contributed by atoms with Crippen LogP contribution in [0.4, 0.5) is 0 Å². The second kappa shape index (κ2) is 5.97. The van der Waals surface area contributed by atoms with Crippen molar-refractivity contribution in [3.63, 3.8) is 0 Å². The molecular weight excluding hydrogens is 238 g/mol. The Kier molecular flexibility index (Phi) is 3.89. The average Bonchev–Trinajstić information content (AvgIpc) is 2.97. The minimum Gasteiger partial charge on any atom is -0.340 e. The van der Waals surface area contributed by atoms with Gasteiger partial charge in [-0.25, -0.2) is 0 Å². The number of fused-ring (bicyclic) bond motifs is 1. The van der Waals surface area contributed by atoms with Crippen molar-refractivity contribution >= 4 is 0 Å². The molecule has 1 unspecified atom stereocenters. The van der Waals surface area contributed by atoms with E-state index in [0.29, 0.717) is 11.8 Å². The predicted octanol–water partition coefficient (Wildman–Crippen LogP) is 2.32. The number of aryl methyl sites for hydroxylation is 1. The zero-order valence-corrected chi connectivity index (χ0v) is 11.0. The van der Waals surface area contributed by atoms with Crippen LogP contribution >= 0.6 is 0 Å². The maximum absolute atomic E-state index is 4.98. The summed E-state index contributed by atoms with van der Waals surface area (Å²) in [6.45, 7) is 1.92. The lowest BCUT2D eigenvalue weighted by molar-refractivity contribution is 0.373. The van der Waals surface area contributed by atoms with E-state index in [1.54, 1.807) is 0 Å². The van der Waals surface area contributed by atoms with Crippen LogP contribution in [0.3, 0.4) is 0 Å². The minimum absolute atomic E-state index is 0.646. The van der Waals surface area contributed by atoms with Gasteiger partial charge in [-0.1, -0.05) is 29.4 Å². The van der Waals surface area contributed by atoms with Gasteiger partial charge in [-0.05, 0) is 36.3 Å². The van der Waals surface area contributed by atoms with E-state index in [1.807, 2.05) is 0 Å². The Labute approximate surface area is 113 Å². The molecule has 19 heavy (non-hydrogen) atoms. The molecule has 100 valence electrons. The molecule has 1 aromatic heterocycles. The summed E-state index contributed by atoms with van der Waals surface area (Å²) in [7, 11) is 0. The van der Waals surface area contributed by atoms with E-state index in [-0.39, 0.29) is 0 Å². The first kappa shape index (κ1) is 12.4. The van der Waals surface area contributed by atoms with Crippen LogP contribution in [0.15, 0.2) is 35.1 Å². The van der Waals surface area contributed by atoms with Gasteiger partial charge in [0, 0.05) is 19.5 Å². The third-order valence-corrected chi connectivity index (χ3v) is 3.81. The molecule has 4 heteroatoms. The molecule has 0 aliphatic heterocycles. The van der Waals surface area contributed by atoms with Crippen LogP contribution in [0.5, 0.6) is 0 Å². The highest BCUT2D eigenvalue weighted by Gasteiger charge is 2.18. The molecule has 0 fully saturated rings. The van der Waals surface area contributed by atoms with Crippen molar-refractivity contribution in [2.45, 2.75) is 31.6 Å². The van der Waals surface area contributed by atoms with Crippen molar-refractivity contribution in [1.29, 1.82) is 0 Å². The first-order valence-electron chi connectivity index (χ1n) is 6.97. The third-order valence-electron chi connectivity index (χ3n) is 3.81. The largest absolute Gasteiger partial charge is 0.340 e. The van der Waals surface area contributed by atoms with Gasteiger partial charge in [0.05, 0.1) is 0 Å². The van der Waals surface area contributed by atoms with Crippen molar-refractivity contribution in [3.8, 4) is 0 Å². The molecule has 1 atom stereocenters. The fourth-order valence-corrected chi connectivity index (χ4v) is 2.84. The summed E-state index contributed by atoms with van der Waals surface area (Å²) in [6, 6.07) is 8.83. The van der Waals surface area contributed by atoms with E-state index >= 15 is 0 Å². The van der Waals surface area contributed by atoms with Crippen LogP contribution in [0.25, 0.3) is 0 Å². The number of hydrogen-bond acceptors (Lipinski definition) is 4. The second-order valence-corrected chi connectivity index (χ2v) is 5.08. The number of nitrogens with one attached hydrogen (secondary N) is 1. The SMILES string of the molecule is c1ccc2c(c1)CCCC2CNCCc1ncno1. The monoisotopic (exact) mass is 257 g/mol. The molecule has 2 aromatic rings. The van der Waals surface area contributed by atoms with Gasteiger partial charge in [0.25, 0.3) is 0 Å². The maximum Gasteiger partial charge on any atom is 0.227 e. The van der Waals surface area contributed by atoms with Gasteiger partial charge < -0.3 is 9.84 Å². The molecule has 0 amide bonds. The van der Waals surface area contributed by atoms with Crippen LogP contribution in [0, 0.1) is 0 Å².